The van der Waals surface area contributed by atoms with Gasteiger partial charge < -0.3 is 5.32 Å². The first-order valence-electron chi connectivity index (χ1n) is 3.71. The van der Waals surface area contributed by atoms with Crippen molar-refractivity contribution in [1.82, 2.24) is 0 Å². The van der Waals surface area contributed by atoms with E-state index < -0.39 is 0 Å². The van der Waals surface area contributed by atoms with E-state index >= 15 is 0 Å². The van der Waals surface area contributed by atoms with E-state index in [-0.39, 0.29) is 6.61 Å². The third-order valence-electron chi connectivity index (χ3n) is 1.61. The number of anilines is 1. The lowest BCUT2D eigenvalue weighted by Gasteiger charge is -2.01. The Morgan fingerprint density at radius 3 is 2.91 bits per heavy atom. The molecular weight excluding hydrogens is 138 g/mol. The zero-order valence-electron chi connectivity index (χ0n) is 6.63. The smallest absolute Gasteiger partial charge is 0.0862 e. The quantitative estimate of drug-likeness (QED) is 0.698. The average molecular weight is 150 g/mol. The summed E-state index contributed by atoms with van der Waals surface area (Å²) in [6.45, 7) is -0.0346. The molecule has 0 bridgehead atoms. The fraction of sp³-hybridized carbons (Fsp3) is 0.333. The molecule has 0 unspecified atom stereocenters. The van der Waals surface area contributed by atoms with Crippen LogP contribution in [0.1, 0.15) is 5.56 Å². The SMILES string of the molecule is CNc1cccc(CC[O])c1. The van der Waals surface area contributed by atoms with E-state index in [9.17, 15) is 5.11 Å². The fourth-order valence-corrected chi connectivity index (χ4v) is 1.00. The molecule has 0 saturated heterocycles. The first-order valence-corrected chi connectivity index (χ1v) is 3.71. The normalized spacial score (nSPS) is 9.64. The highest BCUT2D eigenvalue weighted by Crippen LogP contribution is 2.09. The molecule has 0 aliphatic carbocycles. The zero-order valence-corrected chi connectivity index (χ0v) is 6.63. The van der Waals surface area contributed by atoms with Crippen molar-refractivity contribution in [3.8, 4) is 0 Å². The molecule has 0 fully saturated rings. The van der Waals surface area contributed by atoms with E-state index in [1.165, 1.54) is 0 Å². The molecule has 0 aliphatic rings. The molecule has 0 heterocycles. The lowest BCUT2D eigenvalue weighted by atomic mass is 10.1. The van der Waals surface area contributed by atoms with Gasteiger partial charge in [-0.1, -0.05) is 12.1 Å². The van der Waals surface area contributed by atoms with E-state index in [0.29, 0.717) is 6.42 Å². The second kappa shape index (κ2) is 3.98. The van der Waals surface area contributed by atoms with E-state index in [4.69, 9.17) is 0 Å². The van der Waals surface area contributed by atoms with Crippen LogP contribution in [0.4, 0.5) is 5.69 Å². The monoisotopic (exact) mass is 150 g/mol. The summed E-state index contributed by atoms with van der Waals surface area (Å²) in [5, 5.41) is 13.3. The Hall–Kier alpha value is -1.02. The Morgan fingerprint density at radius 1 is 1.45 bits per heavy atom. The Labute approximate surface area is 66.9 Å². The van der Waals surface area contributed by atoms with Crippen molar-refractivity contribution in [3.05, 3.63) is 29.8 Å². The second-order valence-electron chi connectivity index (χ2n) is 2.40. The van der Waals surface area contributed by atoms with Crippen LogP contribution in [0.25, 0.3) is 0 Å². The van der Waals surface area contributed by atoms with Crippen molar-refractivity contribution < 1.29 is 5.11 Å². The van der Waals surface area contributed by atoms with Crippen LogP contribution in [0.2, 0.25) is 0 Å². The summed E-state index contributed by atoms with van der Waals surface area (Å²) >= 11 is 0. The molecule has 0 atom stereocenters. The van der Waals surface area contributed by atoms with Gasteiger partial charge in [-0.15, -0.1) is 0 Å². The van der Waals surface area contributed by atoms with Gasteiger partial charge in [0.05, 0.1) is 6.61 Å². The molecule has 1 rings (SSSR count). The number of benzene rings is 1. The Kier molecular flexibility index (Phi) is 2.93. The highest BCUT2D eigenvalue weighted by Gasteiger charge is 1.92. The summed E-state index contributed by atoms with van der Waals surface area (Å²) in [6, 6.07) is 7.90. The van der Waals surface area contributed by atoms with Gasteiger partial charge in [0.1, 0.15) is 0 Å². The maximum Gasteiger partial charge on any atom is 0.0862 e. The number of nitrogens with one attached hydrogen (secondary N) is 1. The van der Waals surface area contributed by atoms with Crippen molar-refractivity contribution >= 4 is 5.69 Å². The summed E-state index contributed by atoms with van der Waals surface area (Å²) < 4.78 is 0. The molecule has 1 radical (unpaired) electrons. The van der Waals surface area contributed by atoms with Gasteiger partial charge in [-0.3, -0.25) is 0 Å². The van der Waals surface area contributed by atoms with E-state index in [0.717, 1.165) is 11.3 Å². The highest BCUT2D eigenvalue weighted by atomic mass is 16.2. The van der Waals surface area contributed by atoms with E-state index in [2.05, 4.69) is 5.32 Å². The van der Waals surface area contributed by atoms with Crippen LogP contribution in [0.3, 0.4) is 0 Å². The Bertz CT molecular complexity index is 223. The standard InChI is InChI=1S/C9H12NO/c1-10-9-4-2-3-8(7-9)5-6-11/h2-4,7,10H,5-6H2,1H3. The molecular formula is C9H12NO. The van der Waals surface area contributed by atoms with Crippen LogP contribution in [-0.4, -0.2) is 13.7 Å². The Morgan fingerprint density at radius 2 is 2.27 bits per heavy atom. The second-order valence-corrected chi connectivity index (χ2v) is 2.40. The predicted molar refractivity (Wildman–Crippen MR) is 45.2 cm³/mol. The Balaban J connectivity index is 2.74. The van der Waals surface area contributed by atoms with Crippen LogP contribution in [-0.2, 0) is 11.5 Å². The first kappa shape index (κ1) is 8.08. The van der Waals surface area contributed by atoms with Crippen LogP contribution in [0.15, 0.2) is 24.3 Å². The molecule has 2 heteroatoms. The van der Waals surface area contributed by atoms with Crippen LogP contribution < -0.4 is 5.32 Å². The van der Waals surface area contributed by atoms with Crippen molar-refractivity contribution in [1.29, 1.82) is 0 Å². The first-order chi connectivity index (χ1) is 5.36. The minimum absolute atomic E-state index is 0.0346. The topological polar surface area (TPSA) is 31.9 Å². The van der Waals surface area contributed by atoms with Gasteiger partial charge in [-0.25, -0.2) is 5.11 Å². The van der Waals surface area contributed by atoms with Crippen LogP contribution in [0.5, 0.6) is 0 Å². The lowest BCUT2D eigenvalue weighted by Crippen LogP contribution is -1.92. The molecule has 11 heavy (non-hydrogen) atoms. The van der Waals surface area contributed by atoms with E-state index in [1.54, 1.807) is 0 Å². The molecule has 1 N–H and O–H groups in total. The summed E-state index contributed by atoms with van der Waals surface area (Å²) in [5.41, 5.74) is 2.17. The fourth-order valence-electron chi connectivity index (χ4n) is 1.00. The summed E-state index contributed by atoms with van der Waals surface area (Å²) in [6.07, 6.45) is 0.621. The maximum atomic E-state index is 10.3. The molecule has 2 nitrogen and oxygen atoms in total. The largest absolute Gasteiger partial charge is 0.388 e. The van der Waals surface area contributed by atoms with Crippen LogP contribution in [0, 0.1) is 0 Å². The van der Waals surface area contributed by atoms with Gasteiger partial charge in [0, 0.05) is 12.7 Å². The minimum atomic E-state index is -0.0346. The van der Waals surface area contributed by atoms with E-state index in [1.807, 2.05) is 31.3 Å². The predicted octanol–water partition coefficient (Wildman–Crippen LogP) is 1.70. The van der Waals surface area contributed by atoms with Gasteiger partial charge in [-0.2, -0.15) is 0 Å². The van der Waals surface area contributed by atoms with Gasteiger partial charge in [-0.05, 0) is 24.1 Å². The third kappa shape index (κ3) is 2.24. The molecule has 1 aromatic carbocycles. The highest BCUT2D eigenvalue weighted by molar-refractivity contribution is 5.44. The zero-order chi connectivity index (χ0) is 8.10. The summed E-state index contributed by atoms with van der Waals surface area (Å²) in [4.78, 5) is 0. The van der Waals surface area contributed by atoms with Gasteiger partial charge in [0.2, 0.25) is 0 Å². The molecule has 0 saturated carbocycles. The summed E-state index contributed by atoms with van der Waals surface area (Å²) in [7, 11) is 1.87. The van der Waals surface area contributed by atoms with Crippen molar-refractivity contribution in [2.75, 3.05) is 19.0 Å². The maximum absolute atomic E-state index is 10.3. The molecule has 0 aromatic heterocycles. The van der Waals surface area contributed by atoms with Gasteiger partial charge in [0.25, 0.3) is 0 Å². The van der Waals surface area contributed by atoms with Crippen LogP contribution >= 0.6 is 0 Å². The summed E-state index contributed by atoms with van der Waals surface area (Å²) in [5.74, 6) is 0. The number of hydrogen-bond donors (Lipinski definition) is 1. The molecule has 59 valence electrons. The third-order valence-corrected chi connectivity index (χ3v) is 1.61. The van der Waals surface area contributed by atoms with Crippen molar-refractivity contribution in [2.24, 2.45) is 0 Å². The van der Waals surface area contributed by atoms with Crippen molar-refractivity contribution in [2.45, 2.75) is 6.42 Å². The average Bonchev–Trinajstić information content (AvgIpc) is 2.06. The molecule has 0 aliphatic heterocycles. The molecule has 0 spiro atoms. The van der Waals surface area contributed by atoms with Gasteiger partial charge >= 0.3 is 0 Å². The lowest BCUT2D eigenvalue weighted by molar-refractivity contribution is 0.197. The number of rotatable bonds is 3. The van der Waals surface area contributed by atoms with Crippen molar-refractivity contribution in [3.63, 3.8) is 0 Å². The molecule has 0 amide bonds. The minimum Gasteiger partial charge on any atom is -0.388 e. The number of hydrogen-bond acceptors (Lipinski definition) is 1. The van der Waals surface area contributed by atoms with Gasteiger partial charge in [0.15, 0.2) is 0 Å². The molecule has 1 aromatic rings.